The highest BCUT2D eigenvalue weighted by Crippen LogP contribution is 2.31. The van der Waals surface area contributed by atoms with Crippen LogP contribution in [0.25, 0.3) is 0 Å². The SMILES string of the molecule is Cc1cnn(CCC(=O)Nc2ncc(C3CCNCC3)s2)c1. The molecule has 2 N–H and O–H groups in total. The third kappa shape index (κ3) is 3.92. The minimum atomic E-state index is -0.0145. The Morgan fingerprint density at radius 2 is 2.27 bits per heavy atom. The van der Waals surface area contributed by atoms with E-state index in [9.17, 15) is 4.79 Å². The summed E-state index contributed by atoms with van der Waals surface area (Å²) in [4.78, 5) is 17.6. The number of aryl methyl sites for hydroxylation is 2. The van der Waals surface area contributed by atoms with E-state index in [1.807, 2.05) is 19.3 Å². The Labute approximate surface area is 133 Å². The first-order valence-corrected chi connectivity index (χ1v) is 8.48. The molecule has 0 saturated carbocycles. The summed E-state index contributed by atoms with van der Waals surface area (Å²) in [5.41, 5.74) is 1.10. The minimum Gasteiger partial charge on any atom is -0.317 e. The lowest BCUT2D eigenvalue weighted by Gasteiger charge is -2.20. The van der Waals surface area contributed by atoms with Crippen LogP contribution in [0, 0.1) is 6.92 Å². The highest BCUT2D eigenvalue weighted by atomic mass is 32.1. The van der Waals surface area contributed by atoms with Gasteiger partial charge in [-0.05, 0) is 44.3 Å². The summed E-state index contributed by atoms with van der Waals surface area (Å²) in [6.45, 7) is 4.70. The van der Waals surface area contributed by atoms with E-state index in [2.05, 4.69) is 20.7 Å². The van der Waals surface area contributed by atoms with Crippen molar-refractivity contribution in [2.45, 2.75) is 38.6 Å². The van der Waals surface area contributed by atoms with Gasteiger partial charge in [-0.3, -0.25) is 9.48 Å². The lowest BCUT2D eigenvalue weighted by Crippen LogP contribution is -2.26. The standard InChI is InChI=1S/C15H21N5OS/c1-11-8-18-20(10-11)7-4-14(21)19-15-17-9-13(22-15)12-2-5-16-6-3-12/h8-10,12,16H,2-7H2,1H3,(H,17,19,21). The van der Waals surface area contributed by atoms with Gasteiger partial charge in [0, 0.05) is 30.2 Å². The number of nitrogens with one attached hydrogen (secondary N) is 2. The molecule has 22 heavy (non-hydrogen) atoms. The maximum atomic E-state index is 12.0. The number of aromatic nitrogens is 3. The van der Waals surface area contributed by atoms with Crippen LogP contribution < -0.4 is 10.6 Å². The molecule has 0 aliphatic carbocycles. The van der Waals surface area contributed by atoms with Crippen molar-refractivity contribution in [1.29, 1.82) is 0 Å². The monoisotopic (exact) mass is 319 g/mol. The molecule has 1 amide bonds. The van der Waals surface area contributed by atoms with Gasteiger partial charge in [0.1, 0.15) is 0 Å². The molecule has 0 aromatic carbocycles. The van der Waals surface area contributed by atoms with Crippen molar-refractivity contribution in [2.24, 2.45) is 0 Å². The van der Waals surface area contributed by atoms with Crippen LogP contribution in [0.3, 0.4) is 0 Å². The molecule has 6 nitrogen and oxygen atoms in total. The van der Waals surface area contributed by atoms with Crippen molar-refractivity contribution in [3.8, 4) is 0 Å². The first-order chi connectivity index (χ1) is 10.7. The predicted octanol–water partition coefficient (Wildman–Crippen LogP) is 2.14. The largest absolute Gasteiger partial charge is 0.317 e. The summed E-state index contributed by atoms with van der Waals surface area (Å²) >= 11 is 1.60. The molecule has 7 heteroatoms. The number of piperidine rings is 1. The summed E-state index contributed by atoms with van der Waals surface area (Å²) in [6.07, 6.45) is 8.34. The maximum absolute atomic E-state index is 12.0. The molecule has 0 bridgehead atoms. The van der Waals surface area contributed by atoms with Crippen molar-refractivity contribution in [2.75, 3.05) is 18.4 Å². The van der Waals surface area contributed by atoms with Gasteiger partial charge in [0.2, 0.25) is 5.91 Å². The number of thiazole rings is 1. The molecular formula is C15H21N5OS. The van der Waals surface area contributed by atoms with Crippen molar-refractivity contribution < 1.29 is 4.79 Å². The number of hydrogen-bond donors (Lipinski definition) is 2. The molecule has 118 valence electrons. The fraction of sp³-hybridized carbons (Fsp3) is 0.533. The summed E-state index contributed by atoms with van der Waals surface area (Å²) in [7, 11) is 0. The van der Waals surface area contributed by atoms with Gasteiger partial charge < -0.3 is 10.6 Å². The lowest BCUT2D eigenvalue weighted by atomic mass is 9.97. The van der Waals surface area contributed by atoms with Gasteiger partial charge >= 0.3 is 0 Å². The Kier molecular flexibility index (Phi) is 4.84. The van der Waals surface area contributed by atoms with Crippen LogP contribution >= 0.6 is 11.3 Å². The smallest absolute Gasteiger partial charge is 0.228 e. The van der Waals surface area contributed by atoms with Gasteiger partial charge in [-0.15, -0.1) is 11.3 Å². The topological polar surface area (TPSA) is 71.8 Å². The van der Waals surface area contributed by atoms with Crippen LogP contribution in [0.5, 0.6) is 0 Å². The van der Waals surface area contributed by atoms with Crippen LogP contribution in [0.2, 0.25) is 0 Å². The Hall–Kier alpha value is -1.73. The van der Waals surface area contributed by atoms with Gasteiger partial charge in [0.15, 0.2) is 5.13 Å². The lowest BCUT2D eigenvalue weighted by molar-refractivity contribution is -0.116. The van der Waals surface area contributed by atoms with E-state index in [0.717, 1.165) is 31.5 Å². The highest BCUT2D eigenvalue weighted by Gasteiger charge is 2.18. The number of carbonyl (C=O) groups is 1. The van der Waals surface area contributed by atoms with Crippen LogP contribution in [-0.4, -0.2) is 33.8 Å². The molecule has 0 radical (unpaired) electrons. The van der Waals surface area contributed by atoms with Gasteiger partial charge in [-0.1, -0.05) is 0 Å². The highest BCUT2D eigenvalue weighted by molar-refractivity contribution is 7.15. The van der Waals surface area contributed by atoms with Gasteiger partial charge in [-0.2, -0.15) is 5.10 Å². The van der Waals surface area contributed by atoms with Crippen molar-refractivity contribution in [3.63, 3.8) is 0 Å². The van der Waals surface area contributed by atoms with Crippen LogP contribution in [0.1, 0.15) is 35.6 Å². The molecule has 2 aromatic heterocycles. The number of nitrogens with zero attached hydrogens (tertiary/aromatic N) is 3. The number of carbonyl (C=O) groups excluding carboxylic acids is 1. The van der Waals surface area contributed by atoms with E-state index >= 15 is 0 Å². The molecule has 1 aliphatic rings. The van der Waals surface area contributed by atoms with Crippen LogP contribution in [-0.2, 0) is 11.3 Å². The predicted molar refractivity (Wildman–Crippen MR) is 87.2 cm³/mol. The molecule has 1 saturated heterocycles. The number of rotatable bonds is 5. The first-order valence-electron chi connectivity index (χ1n) is 7.66. The van der Waals surface area contributed by atoms with Gasteiger partial charge in [-0.25, -0.2) is 4.98 Å². The summed E-state index contributed by atoms with van der Waals surface area (Å²) in [5.74, 6) is 0.566. The molecular weight excluding hydrogens is 298 g/mol. The molecule has 0 atom stereocenters. The van der Waals surface area contributed by atoms with E-state index in [1.165, 1.54) is 4.88 Å². The fourth-order valence-corrected chi connectivity index (χ4v) is 3.63. The zero-order chi connectivity index (χ0) is 15.4. The Balaban J connectivity index is 1.50. The second kappa shape index (κ2) is 7.02. The van der Waals surface area contributed by atoms with Gasteiger partial charge in [0.25, 0.3) is 0 Å². The fourth-order valence-electron chi connectivity index (χ4n) is 2.63. The minimum absolute atomic E-state index is 0.0145. The first kappa shape index (κ1) is 15.2. The van der Waals surface area contributed by atoms with Crippen LogP contribution in [0.4, 0.5) is 5.13 Å². The normalized spacial score (nSPS) is 15.9. The van der Waals surface area contributed by atoms with Crippen molar-refractivity contribution in [3.05, 3.63) is 29.0 Å². The van der Waals surface area contributed by atoms with E-state index in [0.29, 0.717) is 24.0 Å². The number of hydrogen-bond acceptors (Lipinski definition) is 5. The van der Waals surface area contributed by atoms with Crippen molar-refractivity contribution in [1.82, 2.24) is 20.1 Å². The second-order valence-corrected chi connectivity index (χ2v) is 6.73. The summed E-state index contributed by atoms with van der Waals surface area (Å²) in [5, 5.41) is 11.1. The van der Waals surface area contributed by atoms with E-state index in [4.69, 9.17) is 0 Å². The van der Waals surface area contributed by atoms with E-state index < -0.39 is 0 Å². The Morgan fingerprint density at radius 1 is 1.45 bits per heavy atom. The summed E-state index contributed by atoms with van der Waals surface area (Å²) in [6, 6.07) is 0. The second-order valence-electron chi connectivity index (χ2n) is 5.67. The van der Waals surface area contributed by atoms with Crippen molar-refractivity contribution >= 4 is 22.4 Å². The number of anilines is 1. The molecule has 1 fully saturated rings. The number of amides is 1. The molecule has 3 rings (SSSR count). The molecule has 2 aromatic rings. The van der Waals surface area contributed by atoms with E-state index in [1.54, 1.807) is 22.2 Å². The molecule has 0 spiro atoms. The molecule has 0 unspecified atom stereocenters. The van der Waals surface area contributed by atoms with Crippen LogP contribution in [0.15, 0.2) is 18.6 Å². The molecule has 1 aliphatic heterocycles. The summed E-state index contributed by atoms with van der Waals surface area (Å²) < 4.78 is 1.79. The third-order valence-electron chi connectivity index (χ3n) is 3.84. The third-order valence-corrected chi connectivity index (χ3v) is 4.92. The zero-order valence-electron chi connectivity index (χ0n) is 12.7. The average molecular weight is 319 g/mol. The zero-order valence-corrected chi connectivity index (χ0v) is 13.5. The Bertz CT molecular complexity index is 629. The van der Waals surface area contributed by atoms with E-state index in [-0.39, 0.29) is 5.91 Å². The molecule has 3 heterocycles. The average Bonchev–Trinajstić information content (AvgIpc) is 3.15. The Morgan fingerprint density at radius 3 is 3.00 bits per heavy atom. The quantitative estimate of drug-likeness (QED) is 0.886. The van der Waals surface area contributed by atoms with Gasteiger partial charge in [0.05, 0.1) is 6.20 Å². The maximum Gasteiger partial charge on any atom is 0.228 e.